The number of aryl methyl sites for hydroxylation is 1. The van der Waals surface area contributed by atoms with E-state index in [1.807, 2.05) is 49.4 Å². The maximum absolute atomic E-state index is 13.1. The van der Waals surface area contributed by atoms with Crippen LogP contribution in [0.1, 0.15) is 27.4 Å². The number of benzene rings is 1. The third-order valence-corrected chi connectivity index (χ3v) is 4.32. The molecule has 7 nitrogen and oxygen atoms in total. The molecule has 0 N–H and O–H groups in total. The van der Waals surface area contributed by atoms with Gasteiger partial charge in [0.05, 0.1) is 24.7 Å². The first-order valence-electron chi connectivity index (χ1n) is 8.89. The molecule has 0 fully saturated rings. The third kappa shape index (κ3) is 3.98. The van der Waals surface area contributed by atoms with Crippen LogP contribution in [0, 0.1) is 6.92 Å². The van der Waals surface area contributed by atoms with E-state index < -0.39 is 0 Å². The van der Waals surface area contributed by atoms with Crippen molar-refractivity contribution in [1.29, 1.82) is 0 Å². The molecule has 0 aliphatic heterocycles. The number of hydrogen-bond donors (Lipinski definition) is 0. The normalized spacial score (nSPS) is 10.8. The molecule has 4 aromatic rings. The van der Waals surface area contributed by atoms with Crippen molar-refractivity contribution in [1.82, 2.24) is 24.9 Å². The van der Waals surface area contributed by atoms with Gasteiger partial charge < -0.3 is 9.32 Å². The Morgan fingerprint density at radius 1 is 1.11 bits per heavy atom. The summed E-state index contributed by atoms with van der Waals surface area (Å²) >= 11 is 0. The molecule has 0 radical (unpaired) electrons. The Morgan fingerprint density at radius 3 is 2.68 bits per heavy atom. The lowest BCUT2D eigenvalue weighted by atomic mass is 10.2. The second-order valence-electron chi connectivity index (χ2n) is 6.49. The van der Waals surface area contributed by atoms with E-state index in [1.54, 1.807) is 40.5 Å². The Labute approximate surface area is 162 Å². The summed E-state index contributed by atoms with van der Waals surface area (Å²) in [4.78, 5) is 18.9. The number of hydrogen-bond acceptors (Lipinski definition) is 5. The highest BCUT2D eigenvalue weighted by molar-refractivity contribution is 5.92. The first-order chi connectivity index (χ1) is 13.7. The monoisotopic (exact) mass is 373 g/mol. The first-order valence-corrected chi connectivity index (χ1v) is 8.89. The molecule has 0 atom stereocenters. The number of rotatable bonds is 6. The fourth-order valence-electron chi connectivity index (χ4n) is 2.85. The fourth-order valence-corrected chi connectivity index (χ4v) is 2.85. The van der Waals surface area contributed by atoms with Crippen LogP contribution in [-0.2, 0) is 13.1 Å². The smallest absolute Gasteiger partial charge is 0.276 e. The molecule has 3 heterocycles. The van der Waals surface area contributed by atoms with E-state index >= 15 is 0 Å². The van der Waals surface area contributed by atoms with Crippen LogP contribution in [0.15, 0.2) is 77.8 Å². The van der Waals surface area contributed by atoms with Crippen LogP contribution in [0.4, 0.5) is 0 Å². The van der Waals surface area contributed by atoms with Gasteiger partial charge in [0.15, 0.2) is 5.69 Å². The second-order valence-corrected chi connectivity index (χ2v) is 6.49. The molecule has 0 saturated carbocycles. The van der Waals surface area contributed by atoms with Gasteiger partial charge in [0.25, 0.3) is 5.91 Å². The number of nitrogens with zero attached hydrogens (tertiary/aromatic N) is 5. The highest BCUT2D eigenvalue weighted by Gasteiger charge is 2.21. The van der Waals surface area contributed by atoms with Gasteiger partial charge >= 0.3 is 0 Å². The van der Waals surface area contributed by atoms with Crippen molar-refractivity contribution in [3.8, 4) is 5.69 Å². The Kier molecular flexibility index (Phi) is 4.97. The molecule has 3 aromatic heterocycles. The van der Waals surface area contributed by atoms with Crippen LogP contribution >= 0.6 is 0 Å². The van der Waals surface area contributed by atoms with Gasteiger partial charge in [-0.1, -0.05) is 29.0 Å². The molecule has 28 heavy (non-hydrogen) atoms. The van der Waals surface area contributed by atoms with Crippen molar-refractivity contribution < 1.29 is 9.21 Å². The maximum atomic E-state index is 13.1. The molecule has 7 heteroatoms. The SMILES string of the molecule is Cc1ccc(-n2cc(C(=O)N(Cc3cccnc3)Cc3ccco3)nn2)cc1. The Bertz CT molecular complexity index is 1040. The van der Waals surface area contributed by atoms with Crippen LogP contribution < -0.4 is 0 Å². The third-order valence-electron chi connectivity index (χ3n) is 4.32. The van der Waals surface area contributed by atoms with E-state index in [1.165, 1.54) is 0 Å². The number of furan rings is 1. The van der Waals surface area contributed by atoms with Crippen LogP contribution in [0.3, 0.4) is 0 Å². The van der Waals surface area contributed by atoms with Crippen LogP contribution in [0.2, 0.25) is 0 Å². The number of carbonyl (C=O) groups is 1. The molecular formula is C21H19N5O2. The van der Waals surface area contributed by atoms with E-state index in [0.717, 1.165) is 16.8 Å². The summed E-state index contributed by atoms with van der Waals surface area (Å²) in [6.07, 6.45) is 6.68. The lowest BCUT2D eigenvalue weighted by molar-refractivity contribution is 0.0711. The lowest BCUT2D eigenvalue weighted by Crippen LogP contribution is -2.30. The predicted molar refractivity (Wildman–Crippen MR) is 103 cm³/mol. The van der Waals surface area contributed by atoms with Gasteiger partial charge in [-0.05, 0) is 42.8 Å². The fraction of sp³-hybridized carbons (Fsp3) is 0.143. The average Bonchev–Trinajstić information content (AvgIpc) is 3.40. The largest absolute Gasteiger partial charge is 0.467 e. The lowest BCUT2D eigenvalue weighted by Gasteiger charge is -2.20. The average molecular weight is 373 g/mol. The van der Waals surface area contributed by atoms with E-state index in [2.05, 4.69) is 15.3 Å². The first kappa shape index (κ1) is 17.7. The van der Waals surface area contributed by atoms with Crippen molar-refractivity contribution in [3.05, 3.63) is 96.0 Å². The molecule has 4 rings (SSSR count). The molecular weight excluding hydrogens is 354 g/mol. The van der Waals surface area contributed by atoms with Crippen molar-refractivity contribution >= 4 is 5.91 Å². The summed E-state index contributed by atoms with van der Waals surface area (Å²) in [6, 6.07) is 15.3. The molecule has 0 bridgehead atoms. The van der Waals surface area contributed by atoms with E-state index in [-0.39, 0.29) is 11.6 Å². The Balaban J connectivity index is 1.58. The van der Waals surface area contributed by atoms with Gasteiger partial charge in [-0.2, -0.15) is 0 Å². The minimum absolute atomic E-state index is 0.224. The van der Waals surface area contributed by atoms with Gasteiger partial charge in [-0.15, -0.1) is 5.10 Å². The van der Waals surface area contributed by atoms with Crippen molar-refractivity contribution in [3.63, 3.8) is 0 Å². The Hall–Kier alpha value is -3.74. The molecule has 0 spiro atoms. The summed E-state index contributed by atoms with van der Waals surface area (Å²) < 4.78 is 7.02. The minimum atomic E-state index is -0.224. The zero-order chi connectivity index (χ0) is 19.3. The summed E-state index contributed by atoms with van der Waals surface area (Å²) in [5.41, 5.74) is 3.20. The zero-order valence-electron chi connectivity index (χ0n) is 15.4. The van der Waals surface area contributed by atoms with Crippen molar-refractivity contribution in [2.24, 2.45) is 0 Å². The van der Waals surface area contributed by atoms with E-state index in [0.29, 0.717) is 18.8 Å². The number of carbonyl (C=O) groups excluding carboxylic acids is 1. The second kappa shape index (κ2) is 7.87. The topological polar surface area (TPSA) is 77.0 Å². The predicted octanol–water partition coefficient (Wildman–Crippen LogP) is 3.41. The standard InChI is InChI=1S/C21H19N5O2/c1-16-6-8-18(9-7-16)26-15-20(23-24-26)21(27)25(14-19-5-3-11-28-19)13-17-4-2-10-22-12-17/h2-12,15H,13-14H2,1H3. The Morgan fingerprint density at radius 2 is 1.96 bits per heavy atom. The molecule has 140 valence electrons. The minimum Gasteiger partial charge on any atom is -0.467 e. The van der Waals surface area contributed by atoms with Gasteiger partial charge in [-0.3, -0.25) is 9.78 Å². The highest BCUT2D eigenvalue weighted by Crippen LogP contribution is 2.15. The number of amides is 1. The summed E-state index contributed by atoms with van der Waals surface area (Å²) in [6.45, 7) is 2.74. The maximum Gasteiger partial charge on any atom is 0.276 e. The van der Waals surface area contributed by atoms with E-state index in [9.17, 15) is 4.79 Å². The molecule has 0 saturated heterocycles. The summed E-state index contributed by atoms with van der Waals surface area (Å²) in [7, 11) is 0. The zero-order valence-corrected chi connectivity index (χ0v) is 15.4. The molecule has 0 aliphatic carbocycles. The van der Waals surface area contributed by atoms with Gasteiger partial charge in [0.2, 0.25) is 0 Å². The molecule has 1 aromatic carbocycles. The molecule has 1 amide bonds. The van der Waals surface area contributed by atoms with Crippen LogP contribution in [0.25, 0.3) is 5.69 Å². The number of aromatic nitrogens is 4. The molecule has 0 aliphatic rings. The van der Waals surface area contributed by atoms with Crippen molar-refractivity contribution in [2.45, 2.75) is 20.0 Å². The van der Waals surface area contributed by atoms with Gasteiger partial charge in [0, 0.05) is 18.9 Å². The summed E-state index contributed by atoms with van der Waals surface area (Å²) in [5, 5.41) is 8.19. The van der Waals surface area contributed by atoms with Crippen LogP contribution in [-0.4, -0.2) is 30.8 Å². The number of pyridine rings is 1. The van der Waals surface area contributed by atoms with Crippen molar-refractivity contribution in [2.75, 3.05) is 0 Å². The van der Waals surface area contributed by atoms with Crippen LogP contribution in [0.5, 0.6) is 0 Å². The summed E-state index contributed by atoms with van der Waals surface area (Å²) in [5.74, 6) is 0.474. The van der Waals surface area contributed by atoms with E-state index in [4.69, 9.17) is 4.42 Å². The highest BCUT2D eigenvalue weighted by atomic mass is 16.3. The quantitative estimate of drug-likeness (QED) is 0.518. The van der Waals surface area contributed by atoms with Gasteiger partial charge in [-0.25, -0.2) is 4.68 Å². The van der Waals surface area contributed by atoms with Gasteiger partial charge in [0.1, 0.15) is 5.76 Å². The molecule has 0 unspecified atom stereocenters.